The van der Waals surface area contributed by atoms with Crippen molar-refractivity contribution in [3.05, 3.63) is 70.3 Å². The molecule has 0 amide bonds. The molecule has 0 heterocycles. The molecule has 0 fully saturated rings. The van der Waals surface area contributed by atoms with Crippen LogP contribution in [-0.2, 0) is 19.3 Å². The summed E-state index contributed by atoms with van der Waals surface area (Å²) in [7, 11) is 0. The Hall–Kier alpha value is -1.60. The lowest BCUT2D eigenvalue weighted by molar-refractivity contribution is 0.219. The topological polar surface area (TPSA) is 20.2 Å². The van der Waals surface area contributed by atoms with Crippen molar-refractivity contribution in [2.24, 2.45) is 0 Å². The van der Waals surface area contributed by atoms with Gasteiger partial charge >= 0.3 is 0 Å². The lowest BCUT2D eigenvalue weighted by atomic mass is 9.92. The van der Waals surface area contributed by atoms with Crippen LogP contribution in [-0.4, -0.2) is 5.11 Å². The van der Waals surface area contributed by atoms with Crippen LogP contribution in [0.25, 0.3) is 0 Å². The monoisotopic (exact) mass is 252 g/mol. The van der Waals surface area contributed by atoms with Gasteiger partial charge in [0.25, 0.3) is 0 Å². The molecule has 0 saturated carbocycles. The summed E-state index contributed by atoms with van der Waals surface area (Å²) in [4.78, 5) is 0. The van der Waals surface area contributed by atoms with Gasteiger partial charge in [0.15, 0.2) is 0 Å². The fraction of sp³-hybridized carbons (Fsp3) is 0.333. The van der Waals surface area contributed by atoms with E-state index in [1.54, 1.807) is 0 Å². The highest BCUT2D eigenvalue weighted by Crippen LogP contribution is 2.34. The number of aryl methyl sites for hydroxylation is 2. The molecule has 1 atom stereocenters. The predicted molar refractivity (Wildman–Crippen MR) is 78.3 cm³/mol. The van der Waals surface area contributed by atoms with Crippen molar-refractivity contribution in [1.82, 2.24) is 0 Å². The van der Waals surface area contributed by atoms with E-state index in [2.05, 4.69) is 43.3 Å². The van der Waals surface area contributed by atoms with Gasteiger partial charge in [-0.25, -0.2) is 0 Å². The van der Waals surface area contributed by atoms with Crippen LogP contribution in [0.15, 0.2) is 42.5 Å². The third kappa shape index (κ3) is 2.19. The van der Waals surface area contributed by atoms with Crippen LogP contribution in [0.4, 0.5) is 0 Å². The minimum Gasteiger partial charge on any atom is -0.384 e. The van der Waals surface area contributed by atoms with Crippen LogP contribution < -0.4 is 0 Å². The van der Waals surface area contributed by atoms with Crippen LogP contribution in [0.5, 0.6) is 0 Å². The number of hydrogen-bond donors (Lipinski definition) is 1. The molecule has 1 nitrogen and oxygen atoms in total. The summed E-state index contributed by atoms with van der Waals surface area (Å²) in [5.41, 5.74) is 6.25. The zero-order valence-electron chi connectivity index (χ0n) is 11.4. The van der Waals surface area contributed by atoms with Crippen LogP contribution in [0, 0.1) is 0 Å². The molecule has 0 aliphatic heterocycles. The standard InChI is InChI=1S/C18H20O/c1-2-6-13-8-5-10-17-15(13)12-11-14-7-3-4-9-16(14)18(17)19/h3-5,7-10,18-19H,2,6,11-12H2,1H3. The van der Waals surface area contributed by atoms with Gasteiger partial charge in [-0.1, -0.05) is 55.8 Å². The van der Waals surface area contributed by atoms with Gasteiger partial charge in [0, 0.05) is 0 Å². The summed E-state index contributed by atoms with van der Waals surface area (Å²) in [6, 6.07) is 14.7. The molecular formula is C18H20O. The first kappa shape index (κ1) is 12.4. The van der Waals surface area contributed by atoms with Crippen molar-refractivity contribution >= 4 is 0 Å². The first-order valence-electron chi connectivity index (χ1n) is 7.17. The van der Waals surface area contributed by atoms with E-state index in [1.807, 2.05) is 6.07 Å². The lowest BCUT2D eigenvalue weighted by Crippen LogP contribution is -2.04. The normalized spacial score (nSPS) is 17.5. The minimum absolute atomic E-state index is 0.467. The van der Waals surface area contributed by atoms with E-state index in [9.17, 15) is 5.11 Å². The maximum Gasteiger partial charge on any atom is 0.105 e. The maximum absolute atomic E-state index is 10.7. The van der Waals surface area contributed by atoms with E-state index in [-0.39, 0.29) is 0 Å². The average molecular weight is 252 g/mol. The highest BCUT2D eigenvalue weighted by atomic mass is 16.3. The van der Waals surface area contributed by atoms with E-state index in [0.29, 0.717) is 0 Å². The van der Waals surface area contributed by atoms with E-state index in [0.717, 1.165) is 36.8 Å². The van der Waals surface area contributed by atoms with Gasteiger partial charge in [-0.2, -0.15) is 0 Å². The first-order valence-corrected chi connectivity index (χ1v) is 7.17. The number of hydrogen-bond acceptors (Lipinski definition) is 1. The van der Waals surface area contributed by atoms with Gasteiger partial charge in [-0.05, 0) is 47.1 Å². The summed E-state index contributed by atoms with van der Waals surface area (Å²) < 4.78 is 0. The largest absolute Gasteiger partial charge is 0.384 e. The third-order valence-corrected chi connectivity index (χ3v) is 4.12. The van der Waals surface area contributed by atoms with E-state index < -0.39 is 6.10 Å². The predicted octanol–water partition coefficient (Wildman–Crippen LogP) is 3.82. The molecule has 98 valence electrons. The molecule has 0 saturated heterocycles. The Kier molecular flexibility index (Phi) is 3.39. The summed E-state index contributed by atoms with van der Waals surface area (Å²) in [5, 5.41) is 10.7. The molecule has 1 heteroatoms. The summed E-state index contributed by atoms with van der Waals surface area (Å²) in [6.45, 7) is 2.21. The Morgan fingerprint density at radius 1 is 1.00 bits per heavy atom. The Morgan fingerprint density at radius 2 is 1.79 bits per heavy atom. The molecule has 0 aromatic heterocycles. The van der Waals surface area contributed by atoms with Crippen LogP contribution in [0.1, 0.15) is 47.3 Å². The number of aliphatic hydroxyl groups excluding tert-OH is 1. The van der Waals surface area contributed by atoms with Crippen LogP contribution in [0.2, 0.25) is 0 Å². The van der Waals surface area contributed by atoms with Crippen molar-refractivity contribution in [3.63, 3.8) is 0 Å². The molecule has 2 aromatic rings. The fourth-order valence-electron chi connectivity index (χ4n) is 3.17. The molecule has 1 unspecified atom stereocenters. The quantitative estimate of drug-likeness (QED) is 0.861. The minimum atomic E-state index is -0.467. The highest BCUT2D eigenvalue weighted by molar-refractivity contribution is 5.46. The lowest BCUT2D eigenvalue weighted by Gasteiger charge is -2.16. The van der Waals surface area contributed by atoms with Crippen LogP contribution in [0.3, 0.4) is 0 Å². The zero-order valence-corrected chi connectivity index (χ0v) is 11.4. The van der Waals surface area contributed by atoms with Gasteiger partial charge in [-0.3, -0.25) is 0 Å². The molecule has 1 aliphatic carbocycles. The smallest absolute Gasteiger partial charge is 0.105 e. The molecule has 0 spiro atoms. The number of benzene rings is 2. The second kappa shape index (κ2) is 5.18. The van der Waals surface area contributed by atoms with Crippen molar-refractivity contribution in [1.29, 1.82) is 0 Å². The molecule has 2 aromatic carbocycles. The van der Waals surface area contributed by atoms with Crippen molar-refractivity contribution in [2.75, 3.05) is 0 Å². The second-order valence-corrected chi connectivity index (χ2v) is 5.34. The molecule has 1 N–H and O–H groups in total. The highest BCUT2D eigenvalue weighted by Gasteiger charge is 2.22. The van der Waals surface area contributed by atoms with E-state index >= 15 is 0 Å². The molecule has 1 aliphatic rings. The van der Waals surface area contributed by atoms with Crippen molar-refractivity contribution in [2.45, 2.75) is 38.7 Å². The summed E-state index contributed by atoms with van der Waals surface area (Å²) in [6.07, 6.45) is 3.86. The Morgan fingerprint density at radius 3 is 2.63 bits per heavy atom. The molecular weight excluding hydrogens is 232 g/mol. The molecule has 0 bridgehead atoms. The maximum atomic E-state index is 10.7. The zero-order chi connectivity index (χ0) is 13.2. The van der Waals surface area contributed by atoms with E-state index in [4.69, 9.17) is 0 Å². The van der Waals surface area contributed by atoms with Crippen molar-refractivity contribution < 1.29 is 5.11 Å². The Balaban J connectivity index is 2.11. The Labute approximate surface area is 114 Å². The Bertz CT molecular complexity index is 586. The van der Waals surface area contributed by atoms with Gasteiger partial charge in [0.05, 0.1) is 0 Å². The molecule has 0 radical (unpaired) electrons. The number of aliphatic hydroxyl groups is 1. The van der Waals surface area contributed by atoms with Gasteiger partial charge in [0.1, 0.15) is 6.10 Å². The first-order chi connectivity index (χ1) is 9.31. The van der Waals surface area contributed by atoms with Gasteiger partial charge in [-0.15, -0.1) is 0 Å². The fourth-order valence-corrected chi connectivity index (χ4v) is 3.17. The average Bonchev–Trinajstić information content (AvgIpc) is 2.59. The van der Waals surface area contributed by atoms with Crippen LogP contribution >= 0.6 is 0 Å². The second-order valence-electron chi connectivity index (χ2n) is 5.34. The third-order valence-electron chi connectivity index (χ3n) is 4.12. The van der Waals surface area contributed by atoms with Gasteiger partial charge < -0.3 is 5.11 Å². The summed E-state index contributed by atoms with van der Waals surface area (Å²) in [5.74, 6) is 0. The van der Waals surface area contributed by atoms with Gasteiger partial charge in [0.2, 0.25) is 0 Å². The molecule has 19 heavy (non-hydrogen) atoms. The number of fused-ring (bicyclic) bond motifs is 2. The van der Waals surface area contributed by atoms with Crippen molar-refractivity contribution in [3.8, 4) is 0 Å². The molecule has 3 rings (SSSR count). The van der Waals surface area contributed by atoms with E-state index in [1.165, 1.54) is 16.7 Å². The summed E-state index contributed by atoms with van der Waals surface area (Å²) >= 11 is 0. The SMILES string of the molecule is CCCc1cccc2c1CCc1ccccc1C2O. The number of rotatable bonds is 2.